The number of para-hydroxylation sites is 1. The highest BCUT2D eigenvalue weighted by molar-refractivity contribution is 7.98. The van der Waals surface area contributed by atoms with Crippen molar-refractivity contribution >= 4 is 22.7 Å². The molecule has 2 aromatic heterocycles. The van der Waals surface area contributed by atoms with E-state index in [2.05, 4.69) is 15.1 Å². The maximum absolute atomic E-state index is 12.9. The summed E-state index contributed by atoms with van der Waals surface area (Å²) in [5.74, 6) is 1.40. The van der Waals surface area contributed by atoms with Crippen molar-refractivity contribution < 1.29 is 9.63 Å². The molecule has 2 aromatic carbocycles. The van der Waals surface area contributed by atoms with Crippen molar-refractivity contribution in [2.24, 2.45) is 0 Å². The van der Waals surface area contributed by atoms with Crippen LogP contribution in [0.4, 0.5) is 0 Å². The molecule has 0 unspecified atom stereocenters. The Morgan fingerprint density at radius 3 is 2.72 bits per heavy atom. The van der Waals surface area contributed by atoms with Crippen LogP contribution in [0.5, 0.6) is 0 Å². The molecule has 148 valence electrons. The normalized spacial score (nSPS) is 11.2. The third-order valence-electron chi connectivity index (χ3n) is 4.55. The summed E-state index contributed by atoms with van der Waals surface area (Å²) in [7, 11) is 0. The van der Waals surface area contributed by atoms with Gasteiger partial charge in [-0.25, -0.2) is 4.98 Å². The van der Waals surface area contributed by atoms with E-state index in [0.29, 0.717) is 46.5 Å². The van der Waals surface area contributed by atoms with E-state index in [4.69, 9.17) is 4.52 Å². The minimum Gasteiger partial charge on any atom is -0.396 e. The van der Waals surface area contributed by atoms with Gasteiger partial charge in [0.15, 0.2) is 5.16 Å². The average molecular weight is 408 g/mol. The van der Waals surface area contributed by atoms with Gasteiger partial charge >= 0.3 is 0 Å². The summed E-state index contributed by atoms with van der Waals surface area (Å²) >= 11 is 1.37. The monoisotopic (exact) mass is 408 g/mol. The van der Waals surface area contributed by atoms with Crippen LogP contribution < -0.4 is 5.56 Å². The van der Waals surface area contributed by atoms with Crippen molar-refractivity contribution in [3.8, 4) is 11.4 Å². The van der Waals surface area contributed by atoms with Crippen LogP contribution in [0.25, 0.3) is 22.3 Å². The number of aryl methyl sites for hydroxylation is 1. The van der Waals surface area contributed by atoms with Crippen LogP contribution in [0.15, 0.2) is 63.0 Å². The van der Waals surface area contributed by atoms with Gasteiger partial charge in [0.1, 0.15) is 0 Å². The van der Waals surface area contributed by atoms with E-state index in [0.717, 1.165) is 11.1 Å². The van der Waals surface area contributed by atoms with Gasteiger partial charge in [-0.05, 0) is 31.0 Å². The van der Waals surface area contributed by atoms with Gasteiger partial charge in [0.2, 0.25) is 11.7 Å². The standard InChI is InChI=1S/C21H20N4O3S/c1-14-7-2-3-8-15(14)19-23-18(28-24-19)13-29-21-22-17-10-5-4-9-16(17)20(27)25(21)11-6-12-26/h2-5,7-10,26H,6,11-13H2,1H3. The minimum atomic E-state index is -0.113. The van der Waals surface area contributed by atoms with Crippen LogP contribution in [-0.2, 0) is 12.3 Å². The van der Waals surface area contributed by atoms with Gasteiger partial charge in [0.25, 0.3) is 5.56 Å². The first-order valence-electron chi connectivity index (χ1n) is 9.29. The van der Waals surface area contributed by atoms with Crippen LogP contribution in [-0.4, -0.2) is 31.4 Å². The number of fused-ring (bicyclic) bond motifs is 1. The number of rotatable bonds is 7. The number of thioether (sulfide) groups is 1. The van der Waals surface area contributed by atoms with Gasteiger partial charge in [-0.3, -0.25) is 9.36 Å². The molecule has 0 atom stereocenters. The van der Waals surface area contributed by atoms with Crippen LogP contribution >= 0.6 is 11.8 Å². The number of aliphatic hydroxyl groups is 1. The first-order valence-corrected chi connectivity index (χ1v) is 10.3. The first-order chi connectivity index (χ1) is 14.2. The lowest BCUT2D eigenvalue weighted by molar-refractivity contribution is 0.276. The Balaban J connectivity index is 1.61. The predicted molar refractivity (Wildman–Crippen MR) is 112 cm³/mol. The van der Waals surface area contributed by atoms with Crippen molar-refractivity contribution in [2.45, 2.75) is 30.8 Å². The fourth-order valence-corrected chi connectivity index (χ4v) is 3.92. The summed E-state index contributed by atoms with van der Waals surface area (Å²) in [6.45, 7) is 2.40. The molecule has 1 N–H and O–H groups in total. The summed E-state index contributed by atoms with van der Waals surface area (Å²) < 4.78 is 7.00. The minimum absolute atomic E-state index is 0.00677. The van der Waals surface area contributed by atoms with Crippen molar-refractivity contribution in [2.75, 3.05) is 6.61 Å². The molecule has 0 bridgehead atoms. The summed E-state index contributed by atoms with van der Waals surface area (Å²) in [5.41, 5.74) is 2.53. The molecule has 0 fully saturated rings. The van der Waals surface area contributed by atoms with Crippen LogP contribution in [0, 0.1) is 6.92 Å². The molecule has 29 heavy (non-hydrogen) atoms. The molecule has 0 spiro atoms. The first kappa shape index (κ1) is 19.4. The Morgan fingerprint density at radius 2 is 1.90 bits per heavy atom. The van der Waals surface area contributed by atoms with Crippen molar-refractivity contribution in [1.82, 2.24) is 19.7 Å². The van der Waals surface area contributed by atoms with Gasteiger partial charge in [-0.15, -0.1) is 0 Å². The van der Waals surface area contributed by atoms with Gasteiger partial charge in [-0.1, -0.05) is 53.3 Å². The molecule has 0 aliphatic carbocycles. The summed E-state index contributed by atoms with van der Waals surface area (Å²) in [6, 6.07) is 15.1. The van der Waals surface area contributed by atoms with E-state index in [1.807, 2.05) is 49.4 Å². The number of aliphatic hydroxyl groups excluding tert-OH is 1. The maximum Gasteiger partial charge on any atom is 0.262 e. The third-order valence-corrected chi connectivity index (χ3v) is 5.51. The lowest BCUT2D eigenvalue weighted by Gasteiger charge is -2.11. The SMILES string of the molecule is Cc1ccccc1-c1noc(CSc2nc3ccccc3c(=O)n2CCCO)n1. The molecule has 8 heteroatoms. The van der Waals surface area contributed by atoms with Gasteiger partial charge in [0.05, 0.1) is 16.7 Å². The summed E-state index contributed by atoms with van der Waals surface area (Å²) in [5, 5.41) is 14.4. The molecular weight excluding hydrogens is 388 g/mol. The van der Waals surface area contributed by atoms with E-state index >= 15 is 0 Å². The van der Waals surface area contributed by atoms with Crippen molar-refractivity contribution in [3.05, 3.63) is 70.3 Å². The van der Waals surface area contributed by atoms with Gasteiger partial charge in [-0.2, -0.15) is 4.98 Å². The zero-order chi connectivity index (χ0) is 20.2. The van der Waals surface area contributed by atoms with Gasteiger partial charge < -0.3 is 9.63 Å². The van der Waals surface area contributed by atoms with Crippen molar-refractivity contribution in [3.63, 3.8) is 0 Å². The molecule has 0 aliphatic heterocycles. The topological polar surface area (TPSA) is 94.0 Å². The largest absolute Gasteiger partial charge is 0.396 e. The fourth-order valence-electron chi connectivity index (χ4n) is 3.06. The second-order valence-electron chi connectivity index (χ2n) is 6.56. The molecule has 2 heterocycles. The molecule has 0 aliphatic rings. The molecule has 0 radical (unpaired) electrons. The predicted octanol–water partition coefficient (Wildman–Crippen LogP) is 3.43. The number of benzene rings is 2. The zero-order valence-corrected chi connectivity index (χ0v) is 16.7. The number of aromatic nitrogens is 4. The van der Waals surface area contributed by atoms with E-state index < -0.39 is 0 Å². The summed E-state index contributed by atoms with van der Waals surface area (Å²) in [4.78, 5) is 22.0. The Morgan fingerprint density at radius 1 is 1.10 bits per heavy atom. The molecular formula is C21H20N4O3S. The number of hydrogen-bond acceptors (Lipinski definition) is 7. The second kappa shape index (κ2) is 8.59. The molecule has 7 nitrogen and oxygen atoms in total. The lowest BCUT2D eigenvalue weighted by Crippen LogP contribution is -2.24. The van der Waals surface area contributed by atoms with Gasteiger partial charge in [0, 0.05) is 18.7 Å². The van der Waals surface area contributed by atoms with E-state index in [1.54, 1.807) is 10.6 Å². The lowest BCUT2D eigenvalue weighted by atomic mass is 10.1. The fraction of sp³-hybridized carbons (Fsp3) is 0.238. The summed E-state index contributed by atoms with van der Waals surface area (Å²) in [6.07, 6.45) is 0.478. The molecule has 0 saturated heterocycles. The Bertz CT molecular complexity index is 1200. The Labute approximate surface area is 171 Å². The van der Waals surface area contributed by atoms with E-state index in [1.165, 1.54) is 11.8 Å². The highest BCUT2D eigenvalue weighted by Gasteiger charge is 2.15. The van der Waals surface area contributed by atoms with Crippen molar-refractivity contribution in [1.29, 1.82) is 0 Å². The smallest absolute Gasteiger partial charge is 0.262 e. The number of nitrogens with zero attached hydrogens (tertiary/aromatic N) is 4. The molecule has 4 aromatic rings. The highest BCUT2D eigenvalue weighted by atomic mass is 32.2. The highest BCUT2D eigenvalue weighted by Crippen LogP contribution is 2.24. The third kappa shape index (κ3) is 4.08. The molecule has 0 saturated carbocycles. The van der Waals surface area contributed by atoms with E-state index in [9.17, 15) is 9.90 Å². The number of hydrogen-bond donors (Lipinski definition) is 1. The van der Waals surface area contributed by atoms with Crippen LogP contribution in [0.1, 0.15) is 17.9 Å². The van der Waals surface area contributed by atoms with E-state index in [-0.39, 0.29) is 12.2 Å². The van der Waals surface area contributed by atoms with Crippen LogP contribution in [0.3, 0.4) is 0 Å². The molecule has 4 rings (SSSR count). The quantitative estimate of drug-likeness (QED) is 0.370. The molecule has 0 amide bonds. The Hall–Kier alpha value is -2.97. The zero-order valence-electron chi connectivity index (χ0n) is 15.9. The second-order valence-corrected chi connectivity index (χ2v) is 7.50. The average Bonchev–Trinajstić information content (AvgIpc) is 3.21. The maximum atomic E-state index is 12.9. The van der Waals surface area contributed by atoms with Crippen LogP contribution in [0.2, 0.25) is 0 Å². The Kier molecular flexibility index (Phi) is 5.73.